The molecule has 150 valence electrons. The second kappa shape index (κ2) is 7.48. The lowest BCUT2D eigenvalue weighted by Gasteiger charge is -2.35. The van der Waals surface area contributed by atoms with Gasteiger partial charge in [0, 0.05) is 6.54 Å². The predicted octanol–water partition coefficient (Wildman–Crippen LogP) is 2.41. The zero-order valence-electron chi connectivity index (χ0n) is 16.2. The number of hydroxylamine groups is 2. The summed E-state index contributed by atoms with van der Waals surface area (Å²) < 4.78 is 5.38. The zero-order valence-corrected chi connectivity index (χ0v) is 16.2. The number of rotatable bonds is 2. The van der Waals surface area contributed by atoms with Crippen LogP contribution < -0.4 is 0 Å². The van der Waals surface area contributed by atoms with E-state index in [1.165, 1.54) is 4.90 Å². The lowest BCUT2D eigenvalue weighted by molar-refractivity contribution is -0.202. The lowest BCUT2D eigenvalue weighted by atomic mass is 9.81. The molecule has 8 nitrogen and oxygen atoms in total. The fraction of sp³-hybridized carbons (Fsp3) is 0.789. The van der Waals surface area contributed by atoms with Crippen LogP contribution in [0.1, 0.15) is 65.7 Å². The van der Waals surface area contributed by atoms with Crippen LogP contribution in [0, 0.1) is 11.8 Å². The van der Waals surface area contributed by atoms with E-state index in [1.807, 2.05) is 0 Å². The summed E-state index contributed by atoms with van der Waals surface area (Å²) >= 11 is 0. The predicted molar refractivity (Wildman–Crippen MR) is 94.0 cm³/mol. The number of fused-ring (bicyclic) bond motifs is 1. The minimum Gasteiger partial charge on any atom is -0.444 e. The van der Waals surface area contributed by atoms with Crippen LogP contribution in [-0.4, -0.2) is 52.0 Å². The van der Waals surface area contributed by atoms with Gasteiger partial charge in [-0.2, -0.15) is 0 Å². The molecule has 3 aliphatic rings. The molecule has 1 aliphatic carbocycles. The molecule has 8 heteroatoms. The molecule has 1 saturated carbocycles. The third-order valence-electron chi connectivity index (χ3n) is 5.38. The molecule has 0 aromatic rings. The van der Waals surface area contributed by atoms with Gasteiger partial charge < -0.3 is 9.57 Å². The maximum atomic E-state index is 12.7. The third kappa shape index (κ3) is 4.09. The van der Waals surface area contributed by atoms with Crippen molar-refractivity contribution in [1.29, 1.82) is 0 Å². The smallest absolute Gasteiger partial charge is 0.411 e. The first kappa shape index (κ1) is 19.6. The highest BCUT2D eigenvalue weighted by atomic mass is 16.7. The van der Waals surface area contributed by atoms with E-state index >= 15 is 0 Å². The average Bonchev–Trinajstić information content (AvgIpc) is 2.85. The van der Waals surface area contributed by atoms with E-state index in [1.54, 1.807) is 20.8 Å². The Morgan fingerprint density at radius 1 is 0.926 bits per heavy atom. The van der Waals surface area contributed by atoms with Crippen molar-refractivity contribution in [3.8, 4) is 0 Å². The minimum atomic E-state index is -0.850. The van der Waals surface area contributed by atoms with E-state index in [4.69, 9.17) is 9.57 Å². The van der Waals surface area contributed by atoms with Gasteiger partial charge in [0.1, 0.15) is 11.6 Å². The molecule has 2 heterocycles. The highest BCUT2D eigenvalue weighted by Gasteiger charge is 2.51. The highest BCUT2D eigenvalue weighted by Crippen LogP contribution is 2.38. The molecular weight excluding hydrogens is 352 g/mol. The maximum Gasteiger partial charge on any atom is 0.411 e. The summed E-state index contributed by atoms with van der Waals surface area (Å²) in [6.07, 6.45) is 4.45. The molecule has 2 saturated heterocycles. The second-order valence-corrected chi connectivity index (χ2v) is 8.56. The molecule has 3 amide bonds. The van der Waals surface area contributed by atoms with Crippen molar-refractivity contribution in [3.05, 3.63) is 0 Å². The third-order valence-corrected chi connectivity index (χ3v) is 5.38. The Hall–Kier alpha value is -2.12. The summed E-state index contributed by atoms with van der Waals surface area (Å²) in [4.78, 5) is 56.7. The summed E-state index contributed by atoms with van der Waals surface area (Å²) in [7, 11) is 0. The Kier molecular flexibility index (Phi) is 5.44. The average molecular weight is 380 g/mol. The van der Waals surface area contributed by atoms with Crippen molar-refractivity contribution in [1.82, 2.24) is 9.96 Å². The van der Waals surface area contributed by atoms with Gasteiger partial charge in [-0.05, 0) is 52.9 Å². The number of nitrogens with zero attached hydrogens (tertiary/aromatic N) is 2. The van der Waals surface area contributed by atoms with Crippen LogP contribution in [0.15, 0.2) is 0 Å². The molecule has 3 rings (SSSR count). The Morgan fingerprint density at radius 3 is 2.04 bits per heavy atom. The van der Waals surface area contributed by atoms with Gasteiger partial charge in [0.2, 0.25) is 0 Å². The van der Waals surface area contributed by atoms with Gasteiger partial charge >= 0.3 is 12.1 Å². The number of amides is 3. The second-order valence-electron chi connectivity index (χ2n) is 8.56. The van der Waals surface area contributed by atoms with E-state index in [9.17, 15) is 19.2 Å². The first-order valence-electron chi connectivity index (χ1n) is 9.78. The number of imide groups is 1. The molecule has 3 atom stereocenters. The van der Waals surface area contributed by atoms with Crippen LogP contribution in [0.3, 0.4) is 0 Å². The van der Waals surface area contributed by atoms with Crippen LogP contribution in [0.4, 0.5) is 4.79 Å². The molecular formula is C19H28N2O6. The molecule has 27 heavy (non-hydrogen) atoms. The van der Waals surface area contributed by atoms with Crippen molar-refractivity contribution >= 4 is 23.9 Å². The maximum absolute atomic E-state index is 12.7. The van der Waals surface area contributed by atoms with Crippen molar-refractivity contribution in [2.24, 2.45) is 11.8 Å². The summed E-state index contributed by atoms with van der Waals surface area (Å²) in [6.45, 7) is 5.64. The molecule has 3 fully saturated rings. The van der Waals surface area contributed by atoms with Gasteiger partial charge in [-0.15, -0.1) is 5.06 Å². The molecule has 0 aromatic carbocycles. The van der Waals surface area contributed by atoms with Gasteiger partial charge in [0.25, 0.3) is 11.8 Å². The van der Waals surface area contributed by atoms with Crippen molar-refractivity contribution in [2.75, 3.05) is 6.54 Å². The van der Waals surface area contributed by atoms with Gasteiger partial charge in [-0.25, -0.2) is 9.59 Å². The molecule has 0 N–H and O–H groups in total. The van der Waals surface area contributed by atoms with Crippen molar-refractivity contribution in [3.63, 3.8) is 0 Å². The fourth-order valence-corrected chi connectivity index (χ4v) is 4.09. The van der Waals surface area contributed by atoms with Crippen LogP contribution >= 0.6 is 0 Å². The molecule has 0 radical (unpaired) electrons. The van der Waals surface area contributed by atoms with Crippen molar-refractivity contribution < 1.29 is 28.8 Å². The number of carbonyl (C=O) groups is 4. The molecule has 2 aliphatic heterocycles. The molecule has 0 aromatic heterocycles. The lowest BCUT2D eigenvalue weighted by Crippen LogP contribution is -2.51. The van der Waals surface area contributed by atoms with E-state index in [0.29, 0.717) is 30.9 Å². The summed E-state index contributed by atoms with van der Waals surface area (Å²) in [5.41, 5.74) is -0.681. The summed E-state index contributed by atoms with van der Waals surface area (Å²) in [6, 6.07) is -0.850. The van der Waals surface area contributed by atoms with Gasteiger partial charge in [-0.3, -0.25) is 14.5 Å². The standard InChI is InChI=1S/C19H28N2O6/c1-19(2,3)26-18(25)20-11-7-6-10-14(20)17(24)27-21-15(22)12-8-4-5-9-13(12)16(21)23/h12-14H,4-11H2,1-3H3/t12-,13+,14?. The number of ether oxygens (including phenoxy) is 1. The molecule has 1 unspecified atom stereocenters. The van der Waals surface area contributed by atoms with Crippen LogP contribution in [0.5, 0.6) is 0 Å². The Labute approximate surface area is 159 Å². The van der Waals surface area contributed by atoms with Gasteiger partial charge in [-0.1, -0.05) is 12.8 Å². The molecule has 0 bridgehead atoms. The summed E-state index contributed by atoms with van der Waals surface area (Å²) in [5.74, 6) is -2.38. The summed E-state index contributed by atoms with van der Waals surface area (Å²) in [5, 5.41) is 0.644. The SMILES string of the molecule is CC(C)(C)OC(=O)N1CCCCC1C(=O)ON1C(=O)[C@H]2CCCC[C@H]2C1=O. The van der Waals surface area contributed by atoms with Gasteiger partial charge in [0.05, 0.1) is 11.8 Å². The van der Waals surface area contributed by atoms with E-state index < -0.39 is 35.5 Å². The Balaban J connectivity index is 1.69. The number of piperidine rings is 1. The number of hydrogen-bond donors (Lipinski definition) is 0. The van der Waals surface area contributed by atoms with E-state index in [0.717, 1.165) is 25.7 Å². The minimum absolute atomic E-state index is 0.377. The van der Waals surface area contributed by atoms with Crippen LogP contribution in [0.25, 0.3) is 0 Å². The topological polar surface area (TPSA) is 93.2 Å². The zero-order chi connectivity index (χ0) is 19.8. The highest BCUT2D eigenvalue weighted by molar-refractivity contribution is 6.05. The van der Waals surface area contributed by atoms with Crippen molar-refractivity contribution in [2.45, 2.75) is 77.4 Å². The van der Waals surface area contributed by atoms with E-state index in [-0.39, 0.29) is 11.8 Å². The van der Waals surface area contributed by atoms with Crippen LogP contribution in [-0.2, 0) is 24.0 Å². The normalized spacial score (nSPS) is 28.8. The largest absolute Gasteiger partial charge is 0.444 e. The first-order chi connectivity index (χ1) is 12.7. The Bertz CT molecular complexity index is 617. The van der Waals surface area contributed by atoms with E-state index in [2.05, 4.69) is 0 Å². The van der Waals surface area contributed by atoms with Gasteiger partial charge in [0.15, 0.2) is 0 Å². The monoisotopic (exact) mass is 380 g/mol. The number of carbonyl (C=O) groups excluding carboxylic acids is 4. The fourth-order valence-electron chi connectivity index (χ4n) is 4.09. The van der Waals surface area contributed by atoms with Crippen LogP contribution in [0.2, 0.25) is 0 Å². The number of likely N-dealkylation sites (tertiary alicyclic amines) is 1. The Morgan fingerprint density at radius 2 is 1.48 bits per heavy atom. The molecule has 0 spiro atoms. The first-order valence-corrected chi connectivity index (χ1v) is 9.78. The number of hydrogen-bond acceptors (Lipinski definition) is 6. The quantitative estimate of drug-likeness (QED) is 0.683.